The normalized spacial score (nSPS) is 24.2. The summed E-state index contributed by atoms with van der Waals surface area (Å²) in [6.45, 7) is 2.91. The molecule has 0 aromatic heterocycles. The van der Waals surface area contributed by atoms with Gasteiger partial charge in [-0.05, 0) is 19.1 Å². The van der Waals surface area contributed by atoms with Gasteiger partial charge in [0.05, 0.1) is 6.10 Å². The Morgan fingerprint density at radius 2 is 2.08 bits per heavy atom. The highest BCUT2D eigenvalue weighted by Gasteiger charge is 2.62. The first kappa shape index (κ1) is 21.5. The van der Waals surface area contributed by atoms with E-state index in [1.165, 1.54) is 6.07 Å². The minimum absolute atomic E-state index is 0. The molecule has 1 fully saturated rings. The van der Waals surface area contributed by atoms with E-state index in [-0.39, 0.29) is 24.2 Å². The van der Waals surface area contributed by atoms with E-state index in [0.29, 0.717) is 13.0 Å². The number of carbonyl (C=O) groups is 1. The van der Waals surface area contributed by atoms with Crippen LogP contribution in [-0.4, -0.2) is 30.8 Å². The van der Waals surface area contributed by atoms with Crippen LogP contribution >= 0.6 is 12.4 Å². The van der Waals surface area contributed by atoms with Crippen molar-refractivity contribution in [1.82, 2.24) is 0 Å². The van der Waals surface area contributed by atoms with E-state index in [9.17, 15) is 18.0 Å². The summed E-state index contributed by atoms with van der Waals surface area (Å²) in [5, 5.41) is 2.52. The molecular formula is C16H22ClF3N2O3. The number of alkyl halides is 2. The number of nitrogens with one attached hydrogen (secondary N) is 1. The zero-order valence-corrected chi connectivity index (χ0v) is 15.0. The summed E-state index contributed by atoms with van der Waals surface area (Å²) in [5.74, 6) is -2.07. The Morgan fingerprint density at radius 3 is 2.56 bits per heavy atom. The number of hydrogen-bond acceptors (Lipinski definition) is 4. The number of hydrogen-bond donors (Lipinski definition) is 2. The van der Waals surface area contributed by atoms with Gasteiger partial charge < -0.3 is 20.5 Å². The molecule has 2 unspecified atom stereocenters. The SMILES string of the molecule is CCOC1CC(N)(C(=O)Nc2ccc(OC(F)F)c(F)c2)C1(C)C.Cl. The molecule has 1 amide bonds. The van der Waals surface area contributed by atoms with Crippen LogP contribution in [-0.2, 0) is 9.53 Å². The fourth-order valence-corrected chi connectivity index (χ4v) is 2.83. The summed E-state index contributed by atoms with van der Waals surface area (Å²) in [7, 11) is 0. The standard InChI is InChI=1S/C16H21F3N2O3.ClH/c1-4-23-12-8-16(20,15(12,2)3)13(22)21-9-5-6-11(10(17)7-9)24-14(18)19;/h5-7,12,14H,4,8,20H2,1-3H3,(H,21,22);1H. The van der Waals surface area contributed by atoms with E-state index in [1.54, 1.807) is 0 Å². The van der Waals surface area contributed by atoms with Gasteiger partial charge in [-0.2, -0.15) is 8.78 Å². The average molecular weight is 383 g/mol. The van der Waals surface area contributed by atoms with Crippen LogP contribution in [0, 0.1) is 11.2 Å². The number of ether oxygens (including phenoxy) is 2. The van der Waals surface area contributed by atoms with Crippen molar-refractivity contribution in [3.05, 3.63) is 24.0 Å². The van der Waals surface area contributed by atoms with Crippen molar-refractivity contribution in [2.24, 2.45) is 11.1 Å². The van der Waals surface area contributed by atoms with Crippen molar-refractivity contribution in [3.63, 3.8) is 0 Å². The molecule has 0 radical (unpaired) electrons. The fraction of sp³-hybridized carbons (Fsp3) is 0.562. The molecule has 3 N–H and O–H groups in total. The first-order valence-corrected chi connectivity index (χ1v) is 7.58. The Hall–Kier alpha value is -1.51. The Bertz CT molecular complexity index is 631. The van der Waals surface area contributed by atoms with Crippen LogP contribution in [0.25, 0.3) is 0 Å². The third-order valence-corrected chi connectivity index (χ3v) is 4.64. The smallest absolute Gasteiger partial charge is 0.387 e. The molecule has 142 valence electrons. The van der Waals surface area contributed by atoms with Gasteiger partial charge in [0.25, 0.3) is 0 Å². The van der Waals surface area contributed by atoms with Crippen molar-refractivity contribution in [2.75, 3.05) is 11.9 Å². The van der Waals surface area contributed by atoms with E-state index in [2.05, 4.69) is 10.1 Å². The molecule has 1 aliphatic rings. The second-order valence-corrected chi connectivity index (χ2v) is 6.32. The zero-order valence-electron chi connectivity index (χ0n) is 14.1. The van der Waals surface area contributed by atoms with E-state index in [0.717, 1.165) is 12.1 Å². The topological polar surface area (TPSA) is 73.6 Å². The second kappa shape index (κ2) is 7.80. The fourth-order valence-electron chi connectivity index (χ4n) is 2.83. The Kier molecular flexibility index (Phi) is 6.72. The van der Waals surface area contributed by atoms with Gasteiger partial charge in [-0.1, -0.05) is 13.8 Å². The van der Waals surface area contributed by atoms with Gasteiger partial charge in [0.15, 0.2) is 11.6 Å². The second-order valence-electron chi connectivity index (χ2n) is 6.32. The van der Waals surface area contributed by atoms with Crippen LogP contribution in [0.15, 0.2) is 18.2 Å². The number of anilines is 1. The maximum absolute atomic E-state index is 13.7. The molecule has 0 spiro atoms. The highest BCUT2D eigenvalue weighted by molar-refractivity contribution is 5.99. The van der Waals surface area contributed by atoms with Gasteiger partial charge in [0.2, 0.25) is 5.91 Å². The Morgan fingerprint density at radius 1 is 1.44 bits per heavy atom. The molecule has 25 heavy (non-hydrogen) atoms. The third-order valence-electron chi connectivity index (χ3n) is 4.64. The number of nitrogens with two attached hydrogens (primary N) is 1. The maximum atomic E-state index is 13.7. The lowest BCUT2D eigenvalue weighted by Crippen LogP contribution is -2.74. The first-order valence-electron chi connectivity index (χ1n) is 7.58. The summed E-state index contributed by atoms with van der Waals surface area (Å²) >= 11 is 0. The highest BCUT2D eigenvalue weighted by Crippen LogP contribution is 2.50. The molecule has 2 rings (SSSR count). The van der Waals surface area contributed by atoms with Gasteiger partial charge >= 0.3 is 6.61 Å². The van der Waals surface area contributed by atoms with E-state index in [1.807, 2.05) is 20.8 Å². The minimum Gasteiger partial charge on any atom is -0.432 e. The molecule has 1 aromatic rings. The molecule has 9 heteroatoms. The third kappa shape index (κ3) is 4.02. The molecule has 0 heterocycles. The summed E-state index contributed by atoms with van der Waals surface area (Å²) in [5.41, 5.74) is 4.57. The van der Waals surface area contributed by atoms with Crippen molar-refractivity contribution in [2.45, 2.75) is 45.4 Å². The Labute approximate surface area is 150 Å². The van der Waals surface area contributed by atoms with E-state index < -0.39 is 35.0 Å². The molecule has 0 saturated heterocycles. The van der Waals surface area contributed by atoms with Crippen LogP contribution in [0.1, 0.15) is 27.2 Å². The van der Waals surface area contributed by atoms with Crippen LogP contribution in [0.4, 0.5) is 18.9 Å². The predicted octanol–water partition coefficient (Wildman–Crippen LogP) is 3.32. The summed E-state index contributed by atoms with van der Waals surface area (Å²) in [6, 6.07) is 3.20. The number of carbonyl (C=O) groups excluding carboxylic acids is 1. The van der Waals surface area contributed by atoms with Crippen molar-refractivity contribution in [1.29, 1.82) is 0 Å². The number of amides is 1. The molecule has 1 aromatic carbocycles. The summed E-state index contributed by atoms with van der Waals surface area (Å²) in [6.07, 6.45) is 0.200. The quantitative estimate of drug-likeness (QED) is 0.791. The number of rotatable bonds is 6. The van der Waals surface area contributed by atoms with Gasteiger partial charge in [0.1, 0.15) is 5.54 Å². The zero-order chi connectivity index (χ0) is 18.1. The van der Waals surface area contributed by atoms with Gasteiger partial charge in [-0.25, -0.2) is 4.39 Å². The lowest BCUT2D eigenvalue weighted by Gasteiger charge is -2.57. The summed E-state index contributed by atoms with van der Waals surface area (Å²) < 4.78 is 47.5. The number of halogens is 4. The average Bonchev–Trinajstić information content (AvgIpc) is 2.49. The highest BCUT2D eigenvalue weighted by atomic mass is 35.5. The number of benzene rings is 1. The molecule has 0 aliphatic heterocycles. The van der Waals surface area contributed by atoms with Crippen LogP contribution in [0.3, 0.4) is 0 Å². The first-order chi connectivity index (χ1) is 11.1. The van der Waals surface area contributed by atoms with E-state index >= 15 is 0 Å². The van der Waals surface area contributed by atoms with Crippen LogP contribution < -0.4 is 15.8 Å². The lowest BCUT2D eigenvalue weighted by molar-refractivity contribution is -0.166. The monoisotopic (exact) mass is 382 g/mol. The lowest BCUT2D eigenvalue weighted by atomic mass is 9.54. The Balaban J connectivity index is 0.00000312. The van der Waals surface area contributed by atoms with Crippen molar-refractivity contribution < 1.29 is 27.4 Å². The minimum atomic E-state index is -3.13. The van der Waals surface area contributed by atoms with E-state index in [4.69, 9.17) is 10.5 Å². The van der Waals surface area contributed by atoms with Crippen molar-refractivity contribution in [3.8, 4) is 5.75 Å². The van der Waals surface area contributed by atoms with Gasteiger partial charge in [-0.3, -0.25) is 4.79 Å². The predicted molar refractivity (Wildman–Crippen MR) is 89.6 cm³/mol. The van der Waals surface area contributed by atoms with Gasteiger partial charge in [0, 0.05) is 30.2 Å². The van der Waals surface area contributed by atoms with Crippen LogP contribution in [0.5, 0.6) is 5.75 Å². The molecule has 2 atom stereocenters. The molecule has 0 bridgehead atoms. The molecule has 1 saturated carbocycles. The maximum Gasteiger partial charge on any atom is 0.387 e. The van der Waals surface area contributed by atoms with Crippen LogP contribution in [0.2, 0.25) is 0 Å². The molecule has 5 nitrogen and oxygen atoms in total. The van der Waals surface area contributed by atoms with Crippen molar-refractivity contribution >= 4 is 24.0 Å². The largest absolute Gasteiger partial charge is 0.432 e. The molecular weight excluding hydrogens is 361 g/mol. The van der Waals surface area contributed by atoms with Gasteiger partial charge in [-0.15, -0.1) is 12.4 Å². The molecule has 1 aliphatic carbocycles. The summed E-state index contributed by atoms with van der Waals surface area (Å²) in [4.78, 5) is 12.5.